The standard InChI is InChI=1S/C18H19FN4O2S/c1-13-12-15(19)5-6-16(13)26(24,25)22-10-7-14(8-11-22)18-21-20-17-4-2-3-9-23(17)18/h2-6,9,12,14H,7-8,10-11H2,1H3. The van der Waals surface area contributed by atoms with E-state index in [4.69, 9.17) is 0 Å². The lowest BCUT2D eigenvalue weighted by Gasteiger charge is -2.30. The van der Waals surface area contributed by atoms with Crippen LogP contribution < -0.4 is 0 Å². The largest absolute Gasteiger partial charge is 0.286 e. The van der Waals surface area contributed by atoms with E-state index in [1.165, 1.54) is 22.5 Å². The average Bonchev–Trinajstić information content (AvgIpc) is 3.05. The third kappa shape index (κ3) is 2.89. The van der Waals surface area contributed by atoms with Gasteiger partial charge in [0, 0.05) is 25.2 Å². The van der Waals surface area contributed by atoms with Gasteiger partial charge >= 0.3 is 0 Å². The van der Waals surface area contributed by atoms with Crippen molar-refractivity contribution < 1.29 is 12.8 Å². The van der Waals surface area contributed by atoms with Gasteiger partial charge in [0.05, 0.1) is 4.90 Å². The van der Waals surface area contributed by atoms with Gasteiger partial charge in [0.25, 0.3) is 0 Å². The maximum Gasteiger partial charge on any atom is 0.243 e. The Bertz CT molecular complexity index is 1060. The van der Waals surface area contributed by atoms with Crippen molar-refractivity contribution in [2.24, 2.45) is 0 Å². The molecule has 26 heavy (non-hydrogen) atoms. The molecule has 1 aliphatic rings. The lowest BCUT2D eigenvalue weighted by atomic mass is 9.97. The van der Waals surface area contributed by atoms with E-state index in [0.717, 1.165) is 11.5 Å². The minimum Gasteiger partial charge on any atom is -0.286 e. The number of pyridine rings is 1. The Morgan fingerprint density at radius 3 is 2.62 bits per heavy atom. The van der Waals surface area contributed by atoms with Crippen molar-refractivity contribution in [3.05, 3.63) is 59.8 Å². The minimum absolute atomic E-state index is 0.160. The molecule has 0 spiro atoms. The molecule has 2 aromatic heterocycles. The SMILES string of the molecule is Cc1cc(F)ccc1S(=O)(=O)N1CCC(c2nnc3ccccn23)CC1. The zero-order chi connectivity index (χ0) is 18.3. The van der Waals surface area contributed by atoms with Crippen molar-refractivity contribution in [1.29, 1.82) is 0 Å². The Morgan fingerprint density at radius 1 is 1.12 bits per heavy atom. The highest BCUT2D eigenvalue weighted by atomic mass is 32.2. The second kappa shape index (κ2) is 6.44. The topological polar surface area (TPSA) is 67.6 Å². The number of piperidine rings is 1. The van der Waals surface area contributed by atoms with Crippen molar-refractivity contribution >= 4 is 15.7 Å². The summed E-state index contributed by atoms with van der Waals surface area (Å²) >= 11 is 0. The van der Waals surface area contributed by atoms with Crippen LogP contribution in [-0.2, 0) is 10.0 Å². The van der Waals surface area contributed by atoms with E-state index >= 15 is 0 Å². The molecule has 1 aromatic carbocycles. The smallest absolute Gasteiger partial charge is 0.243 e. The van der Waals surface area contributed by atoms with Crippen LogP contribution in [0.4, 0.5) is 4.39 Å². The zero-order valence-corrected chi connectivity index (χ0v) is 15.2. The van der Waals surface area contributed by atoms with E-state index in [0.29, 0.717) is 31.5 Å². The monoisotopic (exact) mass is 374 g/mol. The summed E-state index contributed by atoms with van der Waals surface area (Å²) in [5.74, 6) is 0.600. The molecule has 0 radical (unpaired) electrons. The number of hydrogen-bond donors (Lipinski definition) is 0. The third-order valence-corrected chi connectivity index (χ3v) is 6.97. The number of aromatic nitrogens is 3. The molecule has 0 aliphatic carbocycles. The Kier molecular flexibility index (Phi) is 4.24. The van der Waals surface area contributed by atoms with Crippen molar-refractivity contribution in [2.45, 2.75) is 30.6 Å². The maximum absolute atomic E-state index is 13.3. The van der Waals surface area contributed by atoms with Crippen LogP contribution in [0.1, 0.15) is 30.1 Å². The first kappa shape index (κ1) is 17.1. The Labute approximate surface area is 151 Å². The summed E-state index contributed by atoms with van der Waals surface area (Å²) in [5.41, 5.74) is 1.22. The highest BCUT2D eigenvalue weighted by molar-refractivity contribution is 7.89. The average molecular weight is 374 g/mol. The lowest BCUT2D eigenvalue weighted by molar-refractivity contribution is 0.312. The molecule has 0 amide bonds. The van der Waals surface area contributed by atoms with Crippen molar-refractivity contribution in [2.75, 3.05) is 13.1 Å². The fourth-order valence-electron chi connectivity index (χ4n) is 3.53. The Balaban J connectivity index is 1.54. The highest BCUT2D eigenvalue weighted by Crippen LogP contribution is 2.30. The molecule has 1 fully saturated rings. The Morgan fingerprint density at radius 2 is 1.88 bits per heavy atom. The van der Waals surface area contributed by atoms with Crippen molar-refractivity contribution in [3.8, 4) is 0 Å². The van der Waals surface area contributed by atoms with Gasteiger partial charge in [0.1, 0.15) is 11.6 Å². The van der Waals surface area contributed by atoms with Crippen LogP contribution in [0.25, 0.3) is 5.65 Å². The van der Waals surface area contributed by atoms with Gasteiger partial charge in [0.2, 0.25) is 10.0 Å². The summed E-state index contributed by atoms with van der Waals surface area (Å²) in [6, 6.07) is 9.52. The minimum atomic E-state index is -3.62. The maximum atomic E-state index is 13.3. The van der Waals surface area contributed by atoms with E-state index < -0.39 is 15.8 Å². The van der Waals surface area contributed by atoms with Crippen molar-refractivity contribution in [3.63, 3.8) is 0 Å². The number of rotatable bonds is 3. The molecule has 6 nitrogen and oxygen atoms in total. The number of aryl methyl sites for hydroxylation is 1. The fourth-order valence-corrected chi connectivity index (χ4v) is 5.21. The summed E-state index contributed by atoms with van der Waals surface area (Å²) in [6.45, 7) is 2.43. The molecule has 1 aliphatic heterocycles. The van der Waals surface area contributed by atoms with Gasteiger partial charge in [-0.2, -0.15) is 4.31 Å². The van der Waals surface area contributed by atoms with Gasteiger partial charge in [0.15, 0.2) is 5.65 Å². The molecule has 8 heteroatoms. The number of sulfonamides is 1. The third-order valence-electron chi connectivity index (χ3n) is 4.91. The quantitative estimate of drug-likeness (QED) is 0.707. The van der Waals surface area contributed by atoms with Gasteiger partial charge in [-0.1, -0.05) is 6.07 Å². The van der Waals surface area contributed by atoms with Gasteiger partial charge < -0.3 is 0 Å². The van der Waals surface area contributed by atoms with E-state index in [2.05, 4.69) is 10.2 Å². The number of benzene rings is 1. The van der Waals surface area contributed by atoms with Gasteiger partial charge in [-0.05, 0) is 55.7 Å². The number of hydrogen-bond acceptors (Lipinski definition) is 4. The van der Waals surface area contributed by atoms with Gasteiger partial charge in [-0.25, -0.2) is 12.8 Å². The molecule has 3 aromatic rings. The first-order valence-corrected chi connectivity index (χ1v) is 9.97. The van der Waals surface area contributed by atoms with E-state index in [1.807, 2.05) is 28.8 Å². The van der Waals surface area contributed by atoms with Crippen LogP contribution in [0.3, 0.4) is 0 Å². The van der Waals surface area contributed by atoms with Crippen LogP contribution >= 0.6 is 0 Å². The predicted molar refractivity (Wildman–Crippen MR) is 94.9 cm³/mol. The van der Waals surface area contributed by atoms with Crippen LogP contribution in [0, 0.1) is 12.7 Å². The summed E-state index contributed by atoms with van der Waals surface area (Å²) in [7, 11) is -3.62. The predicted octanol–water partition coefficient (Wildman–Crippen LogP) is 2.75. The van der Waals surface area contributed by atoms with E-state index in [-0.39, 0.29) is 10.8 Å². The van der Waals surface area contributed by atoms with Crippen LogP contribution in [-0.4, -0.2) is 40.4 Å². The first-order valence-electron chi connectivity index (χ1n) is 8.53. The normalized spacial score (nSPS) is 17.0. The van der Waals surface area contributed by atoms with Gasteiger partial charge in [-0.3, -0.25) is 4.40 Å². The molecular weight excluding hydrogens is 355 g/mol. The molecule has 0 atom stereocenters. The van der Waals surface area contributed by atoms with Gasteiger partial charge in [-0.15, -0.1) is 10.2 Å². The lowest BCUT2D eigenvalue weighted by Crippen LogP contribution is -2.38. The Hall–Kier alpha value is -2.32. The van der Waals surface area contributed by atoms with Crippen LogP contribution in [0.15, 0.2) is 47.5 Å². The number of halogens is 1. The fraction of sp³-hybridized carbons (Fsp3) is 0.333. The second-order valence-electron chi connectivity index (χ2n) is 6.58. The molecule has 4 rings (SSSR count). The van der Waals surface area contributed by atoms with Crippen LogP contribution in [0.5, 0.6) is 0 Å². The van der Waals surface area contributed by atoms with E-state index in [1.54, 1.807) is 6.92 Å². The molecule has 136 valence electrons. The molecule has 0 bridgehead atoms. The van der Waals surface area contributed by atoms with Crippen LogP contribution in [0.2, 0.25) is 0 Å². The highest BCUT2D eigenvalue weighted by Gasteiger charge is 2.32. The van der Waals surface area contributed by atoms with Crippen molar-refractivity contribution in [1.82, 2.24) is 18.9 Å². The molecule has 1 saturated heterocycles. The molecule has 0 N–H and O–H groups in total. The molecule has 3 heterocycles. The second-order valence-corrected chi connectivity index (χ2v) is 8.48. The number of fused-ring (bicyclic) bond motifs is 1. The number of nitrogens with zero attached hydrogens (tertiary/aromatic N) is 4. The summed E-state index contributed by atoms with van der Waals surface area (Å²) in [6.07, 6.45) is 3.28. The van der Waals surface area contributed by atoms with E-state index in [9.17, 15) is 12.8 Å². The zero-order valence-electron chi connectivity index (χ0n) is 14.3. The molecule has 0 saturated carbocycles. The first-order chi connectivity index (χ1) is 12.5. The molecule has 0 unspecified atom stereocenters. The summed E-state index contributed by atoms with van der Waals surface area (Å²) < 4.78 is 42.5. The molecular formula is C18H19FN4O2S. The summed E-state index contributed by atoms with van der Waals surface area (Å²) in [5, 5.41) is 8.47. The summed E-state index contributed by atoms with van der Waals surface area (Å²) in [4.78, 5) is 0.172.